The fourth-order valence-corrected chi connectivity index (χ4v) is 2.75. The highest BCUT2D eigenvalue weighted by Gasteiger charge is 2.31. The Bertz CT molecular complexity index is 616. The number of hydrogen-bond acceptors (Lipinski definition) is 2. The van der Waals surface area contributed by atoms with E-state index in [1.165, 1.54) is 24.2 Å². The molecule has 112 valence electrons. The number of anilines is 1. The largest absolute Gasteiger partial charge is 0.384 e. The molecule has 1 heterocycles. The molecule has 3 heteroatoms. The molecule has 2 N–H and O–H groups in total. The van der Waals surface area contributed by atoms with E-state index in [9.17, 15) is 0 Å². The lowest BCUT2D eigenvalue weighted by atomic mass is 9.90. The maximum Gasteiger partial charge on any atom is 0.127 e. The minimum Gasteiger partial charge on any atom is -0.384 e. The molecule has 0 atom stereocenters. The minimum atomic E-state index is 0.209. The van der Waals surface area contributed by atoms with E-state index >= 15 is 0 Å². The third-order valence-corrected chi connectivity index (χ3v) is 3.94. The molecule has 1 saturated carbocycles. The molecular formula is C18H25N3. The molecule has 0 saturated heterocycles. The van der Waals surface area contributed by atoms with Crippen LogP contribution in [0.2, 0.25) is 0 Å². The molecule has 0 aliphatic heterocycles. The summed E-state index contributed by atoms with van der Waals surface area (Å²) >= 11 is 0. The lowest BCUT2D eigenvalue weighted by molar-refractivity contribution is 0.407. The first kappa shape index (κ1) is 14.2. The topological polar surface area (TPSA) is 43.8 Å². The maximum absolute atomic E-state index is 6.43. The molecule has 1 aromatic carbocycles. The van der Waals surface area contributed by atoms with E-state index in [0.29, 0.717) is 5.92 Å². The maximum atomic E-state index is 6.43. The lowest BCUT2D eigenvalue weighted by Gasteiger charge is -2.16. The molecular weight excluding hydrogens is 258 g/mol. The second kappa shape index (κ2) is 5.21. The van der Waals surface area contributed by atoms with Crippen LogP contribution in [-0.4, -0.2) is 9.55 Å². The third kappa shape index (κ3) is 3.29. The summed E-state index contributed by atoms with van der Waals surface area (Å²) in [4.78, 5) is 4.89. The number of benzene rings is 1. The smallest absolute Gasteiger partial charge is 0.127 e. The first-order valence-electron chi connectivity index (χ1n) is 7.83. The monoisotopic (exact) mass is 283 g/mol. The van der Waals surface area contributed by atoms with Gasteiger partial charge in [-0.25, -0.2) is 4.98 Å². The molecule has 0 unspecified atom stereocenters. The SMILES string of the molecule is CC(C)(C)Cc1nc(C2CC2)n(Cc2ccccc2)c1N. The predicted octanol–water partition coefficient (Wildman–Crippen LogP) is 3.98. The highest BCUT2D eigenvalue weighted by Crippen LogP contribution is 2.41. The normalized spacial score (nSPS) is 15.4. The van der Waals surface area contributed by atoms with E-state index in [2.05, 4.69) is 49.6 Å². The van der Waals surface area contributed by atoms with E-state index in [4.69, 9.17) is 10.7 Å². The molecule has 0 radical (unpaired) electrons. The van der Waals surface area contributed by atoms with Crippen molar-refractivity contribution in [2.24, 2.45) is 5.41 Å². The highest BCUT2D eigenvalue weighted by atomic mass is 15.2. The number of nitrogen functional groups attached to an aromatic ring is 1. The number of nitrogens with zero attached hydrogens (tertiary/aromatic N) is 2. The van der Waals surface area contributed by atoms with E-state index in [1.54, 1.807) is 0 Å². The average molecular weight is 283 g/mol. The molecule has 0 amide bonds. The molecule has 21 heavy (non-hydrogen) atoms. The Hall–Kier alpha value is -1.77. The van der Waals surface area contributed by atoms with Crippen LogP contribution in [-0.2, 0) is 13.0 Å². The Balaban J connectivity index is 1.94. The number of nitrogens with two attached hydrogens (primary N) is 1. The zero-order valence-electron chi connectivity index (χ0n) is 13.3. The van der Waals surface area contributed by atoms with Gasteiger partial charge < -0.3 is 10.3 Å². The quantitative estimate of drug-likeness (QED) is 0.922. The van der Waals surface area contributed by atoms with Crippen molar-refractivity contribution in [1.82, 2.24) is 9.55 Å². The summed E-state index contributed by atoms with van der Waals surface area (Å²) in [6.45, 7) is 7.54. The van der Waals surface area contributed by atoms with E-state index in [1.807, 2.05) is 6.07 Å². The van der Waals surface area contributed by atoms with Crippen molar-refractivity contribution in [2.45, 2.75) is 52.5 Å². The van der Waals surface area contributed by atoms with Crippen molar-refractivity contribution in [3.05, 3.63) is 47.4 Å². The Kier molecular flexibility index (Phi) is 3.52. The van der Waals surface area contributed by atoms with Crippen molar-refractivity contribution in [3.8, 4) is 0 Å². The van der Waals surface area contributed by atoms with Crippen molar-refractivity contribution in [2.75, 3.05) is 5.73 Å². The molecule has 2 aromatic rings. The van der Waals surface area contributed by atoms with Crippen LogP contribution < -0.4 is 5.73 Å². The highest BCUT2D eigenvalue weighted by molar-refractivity contribution is 5.41. The summed E-state index contributed by atoms with van der Waals surface area (Å²) in [5.41, 5.74) is 8.99. The van der Waals surface area contributed by atoms with Gasteiger partial charge in [-0.15, -0.1) is 0 Å². The summed E-state index contributed by atoms with van der Waals surface area (Å²) in [5, 5.41) is 0. The van der Waals surface area contributed by atoms with Gasteiger partial charge >= 0.3 is 0 Å². The van der Waals surface area contributed by atoms with Crippen molar-refractivity contribution in [1.29, 1.82) is 0 Å². The standard InChI is InChI=1S/C18H25N3/c1-18(2,3)11-15-16(19)21(17(20-15)14-9-10-14)12-13-7-5-4-6-8-13/h4-8,14H,9-12,19H2,1-3H3. The first-order chi connectivity index (χ1) is 9.94. The molecule has 1 aliphatic carbocycles. The van der Waals surface area contributed by atoms with Gasteiger partial charge in [0.15, 0.2) is 0 Å². The molecule has 3 rings (SSSR count). The molecule has 3 nitrogen and oxygen atoms in total. The summed E-state index contributed by atoms with van der Waals surface area (Å²) in [6.07, 6.45) is 3.43. The van der Waals surface area contributed by atoms with Crippen molar-refractivity contribution in [3.63, 3.8) is 0 Å². The average Bonchev–Trinajstić information content (AvgIpc) is 3.21. The summed E-state index contributed by atoms with van der Waals surface area (Å²) in [6, 6.07) is 10.5. The Morgan fingerprint density at radius 3 is 2.43 bits per heavy atom. The zero-order valence-corrected chi connectivity index (χ0v) is 13.3. The van der Waals surface area contributed by atoms with Crippen LogP contribution in [0.15, 0.2) is 30.3 Å². The third-order valence-electron chi connectivity index (χ3n) is 3.94. The van der Waals surface area contributed by atoms with Gasteiger partial charge in [0, 0.05) is 5.92 Å². The van der Waals surface area contributed by atoms with Crippen LogP contribution in [0.1, 0.15) is 56.6 Å². The molecule has 1 aromatic heterocycles. The van der Waals surface area contributed by atoms with Gasteiger partial charge in [-0.2, -0.15) is 0 Å². The van der Waals surface area contributed by atoms with Crippen molar-refractivity contribution >= 4 is 5.82 Å². The lowest BCUT2D eigenvalue weighted by Crippen LogP contribution is -2.12. The fourth-order valence-electron chi connectivity index (χ4n) is 2.75. The fraction of sp³-hybridized carbons (Fsp3) is 0.500. The molecule has 0 bridgehead atoms. The Labute approximate surface area is 127 Å². The molecule has 1 fully saturated rings. The van der Waals surface area contributed by atoms with Gasteiger partial charge in [0.25, 0.3) is 0 Å². The van der Waals surface area contributed by atoms with Gasteiger partial charge in [0.2, 0.25) is 0 Å². The second-order valence-electron chi connectivity index (χ2n) is 7.39. The summed E-state index contributed by atoms with van der Waals surface area (Å²) in [5.74, 6) is 2.66. The second-order valence-corrected chi connectivity index (χ2v) is 7.39. The zero-order chi connectivity index (χ0) is 15.0. The number of aromatic nitrogens is 2. The van der Waals surface area contributed by atoms with Crippen molar-refractivity contribution < 1.29 is 0 Å². The van der Waals surface area contributed by atoms with E-state index in [0.717, 1.165) is 24.5 Å². The molecule has 0 spiro atoms. The van der Waals surface area contributed by atoms with Gasteiger partial charge in [-0.1, -0.05) is 51.1 Å². The van der Waals surface area contributed by atoms with Gasteiger partial charge in [0.1, 0.15) is 11.6 Å². The summed E-state index contributed by atoms with van der Waals surface area (Å²) in [7, 11) is 0. The Morgan fingerprint density at radius 1 is 1.19 bits per heavy atom. The predicted molar refractivity (Wildman–Crippen MR) is 87.3 cm³/mol. The van der Waals surface area contributed by atoms with Crippen LogP contribution in [0.4, 0.5) is 5.82 Å². The molecule has 1 aliphatic rings. The Morgan fingerprint density at radius 2 is 1.86 bits per heavy atom. The van der Waals surface area contributed by atoms with Gasteiger partial charge in [-0.3, -0.25) is 0 Å². The number of imidazole rings is 1. The van der Waals surface area contributed by atoms with Crippen LogP contribution in [0, 0.1) is 5.41 Å². The van der Waals surface area contributed by atoms with E-state index < -0.39 is 0 Å². The minimum absolute atomic E-state index is 0.209. The number of rotatable bonds is 4. The first-order valence-corrected chi connectivity index (χ1v) is 7.83. The number of hydrogen-bond donors (Lipinski definition) is 1. The summed E-state index contributed by atoms with van der Waals surface area (Å²) < 4.78 is 2.23. The van der Waals surface area contributed by atoms with Crippen LogP contribution in [0.25, 0.3) is 0 Å². The van der Waals surface area contributed by atoms with Crippen LogP contribution >= 0.6 is 0 Å². The van der Waals surface area contributed by atoms with Gasteiger partial charge in [0.05, 0.1) is 12.2 Å². The van der Waals surface area contributed by atoms with Crippen LogP contribution in [0.5, 0.6) is 0 Å². The van der Waals surface area contributed by atoms with Crippen LogP contribution in [0.3, 0.4) is 0 Å². The van der Waals surface area contributed by atoms with Gasteiger partial charge in [-0.05, 0) is 30.2 Å². The van der Waals surface area contributed by atoms with E-state index in [-0.39, 0.29) is 5.41 Å².